The maximum atomic E-state index is 8.29. The molecule has 1 N–H and O–H groups in total. The minimum absolute atomic E-state index is 0.361. The minimum atomic E-state index is 0.361. The highest BCUT2D eigenvalue weighted by atomic mass is 16.2. The quantitative estimate of drug-likeness (QED) is 0.705. The van der Waals surface area contributed by atoms with E-state index in [2.05, 4.69) is 6.92 Å². The molecule has 0 aliphatic rings. The van der Waals surface area contributed by atoms with Crippen molar-refractivity contribution in [3.8, 4) is 0 Å². The monoisotopic (exact) mass is 180 g/mol. The van der Waals surface area contributed by atoms with E-state index in [-0.39, 0.29) is 0 Å². The predicted octanol–water partition coefficient (Wildman–Crippen LogP) is 3.25. The van der Waals surface area contributed by atoms with Crippen LogP contribution in [0.3, 0.4) is 0 Å². The summed E-state index contributed by atoms with van der Waals surface area (Å²) in [6, 6.07) is 12.0. The number of benzene rings is 1. The molecule has 0 heterocycles. The summed E-state index contributed by atoms with van der Waals surface area (Å²) in [4.78, 5) is 0. The van der Waals surface area contributed by atoms with E-state index in [4.69, 9.17) is 5.11 Å². The Hall–Kier alpha value is -0.820. The van der Waals surface area contributed by atoms with Gasteiger partial charge in [-0.3, -0.25) is 0 Å². The summed E-state index contributed by atoms with van der Waals surface area (Å²) in [5.74, 6) is 0. The van der Waals surface area contributed by atoms with Crippen molar-refractivity contribution in [2.24, 2.45) is 0 Å². The van der Waals surface area contributed by atoms with E-state index in [9.17, 15) is 0 Å². The van der Waals surface area contributed by atoms with Gasteiger partial charge in [0.1, 0.15) is 0 Å². The first-order valence-corrected chi connectivity index (χ1v) is 5.02. The molecular formula is C12H20O. The Balaban J connectivity index is 0.000000223. The molecule has 0 aliphatic carbocycles. The van der Waals surface area contributed by atoms with Crippen LogP contribution < -0.4 is 0 Å². The van der Waals surface area contributed by atoms with E-state index in [0.29, 0.717) is 6.61 Å². The van der Waals surface area contributed by atoms with E-state index in [0.717, 1.165) is 6.42 Å². The second-order valence-electron chi connectivity index (χ2n) is 2.94. The Kier molecular flexibility index (Phi) is 10.5. The Labute approximate surface area is 81.4 Å². The summed E-state index contributed by atoms with van der Waals surface area (Å²) in [6.45, 7) is 2.53. The first-order chi connectivity index (χ1) is 6.41. The third kappa shape index (κ3) is 11.2. The molecular weight excluding hydrogens is 160 g/mol. The fourth-order valence-corrected chi connectivity index (χ4v) is 0.923. The Morgan fingerprint density at radius 1 is 0.769 bits per heavy atom. The van der Waals surface area contributed by atoms with Gasteiger partial charge in [0.05, 0.1) is 0 Å². The zero-order valence-electron chi connectivity index (χ0n) is 8.45. The zero-order chi connectivity index (χ0) is 9.78. The van der Waals surface area contributed by atoms with Gasteiger partial charge in [-0.25, -0.2) is 0 Å². The average molecular weight is 180 g/mol. The topological polar surface area (TPSA) is 20.2 Å². The summed E-state index contributed by atoms with van der Waals surface area (Å²) in [5, 5.41) is 8.29. The first-order valence-electron chi connectivity index (χ1n) is 5.02. The van der Waals surface area contributed by atoms with Gasteiger partial charge < -0.3 is 5.11 Å². The number of unbranched alkanes of at least 4 members (excludes halogenated alkanes) is 3. The van der Waals surface area contributed by atoms with Gasteiger partial charge in [-0.05, 0) is 6.42 Å². The highest BCUT2D eigenvalue weighted by Gasteiger charge is 1.80. The second kappa shape index (κ2) is 11.2. The van der Waals surface area contributed by atoms with Crippen molar-refractivity contribution in [2.45, 2.75) is 32.6 Å². The first kappa shape index (κ1) is 12.2. The van der Waals surface area contributed by atoms with Crippen LogP contribution in [0.15, 0.2) is 36.4 Å². The van der Waals surface area contributed by atoms with Crippen LogP contribution in [0.4, 0.5) is 0 Å². The molecule has 0 bridgehead atoms. The van der Waals surface area contributed by atoms with E-state index in [1.807, 2.05) is 36.4 Å². The standard InChI is InChI=1S/C6H14O.C6H6/c1-2-3-4-5-6-7;1-2-4-6-5-3-1/h7H,2-6H2,1H3;1-6H. The molecule has 13 heavy (non-hydrogen) atoms. The molecule has 0 unspecified atom stereocenters. The summed E-state index contributed by atoms with van der Waals surface area (Å²) < 4.78 is 0. The normalized spacial score (nSPS) is 8.77. The van der Waals surface area contributed by atoms with Gasteiger partial charge in [-0.15, -0.1) is 0 Å². The molecule has 1 aromatic carbocycles. The van der Waals surface area contributed by atoms with Crippen LogP contribution in [-0.4, -0.2) is 11.7 Å². The smallest absolute Gasteiger partial charge is 0.0431 e. The lowest BCUT2D eigenvalue weighted by atomic mass is 10.2. The van der Waals surface area contributed by atoms with Crippen molar-refractivity contribution in [3.05, 3.63) is 36.4 Å². The zero-order valence-corrected chi connectivity index (χ0v) is 8.45. The maximum Gasteiger partial charge on any atom is 0.0431 e. The fourth-order valence-electron chi connectivity index (χ4n) is 0.923. The molecule has 0 radical (unpaired) electrons. The molecule has 0 aromatic heterocycles. The highest BCUT2D eigenvalue weighted by molar-refractivity contribution is 4.99. The Morgan fingerprint density at radius 2 is 1.23 bits per heavy atom. The van der Waals surface area contributed by atoms with E-state index in [1.165, 1.54) is 19.3 Å². The Bertz CT molecular complexity index is 129. The summed E-state index contributed by atoms with van der Waals surface area (Å²) in [5.41, 5.74) is 0. The van der Waals surface area contributed by atoms with Gasteiger partial charge in [0.25, 0.3) is 0 Å². The molecule has 1 heteroatoms. The van der Waals surface area contributed by atoms with Crippen molar-refractivity contribution in [1.82, 2.24) is 0 Å². The second-order valence-corrected chi connectivity index (χ2v) is 2.94. The molecule has 1 aromatic rings. The van der Waals surface area contributed by atoms with Gasteiger partial charge in [-0.1, -0.05) is 62.6 Å². The van der Waals surface area contributed by atoms with Crippen LogP contribution in [0.1, 0.15) is 32.6 Å². The van der Waals surface area contributed by atoms with Crippen LogP contribution in [0.5, 0.6) is 0 Å². The number of aliphatic hydroxyl groups is 1. The average Bonchev–Trinajstić information content (AvgIpc) is 2.22. The SMILES string of the molecule is CCCCCCO.c1ccccc1. The van der Waals surface area contributed by atoms with Gasteiger partial charge in [0, 0.05) is 6.61 Å². The van der Waals surface area contributed by atoms with Gasteiger partial charge in [0.15, 0.2) is 0 Å². The van der Waals surface area contributed by atoms with Crippen LogP contribution in [0.2, 0.25) is 0 Å². The molecule has 74 valence electrons. The number of hydrogen-bond donors (Lipinski definition) is 1. The van der Waals surface area contributed by atoms with E-state index in [1.54, 1.807) is 0 Å². The molecule has 0 fully saturated rings. The number of hydrogen-bond acceptors (Lipinski definition) is 1. The molecule has 0 spiro atoms. The molecule has 0 aliphatic heterocycles. The molecule has 1 nitrogen and oxygen atoms in total. The van der Waals surface area contributed by atoms with E-state index >= 15 is 0 Å². The van der Waals surface area contributed by atoms with Crippen LogP contribution in [-0.2, 0) is 0 Å². The van der Waals surface area contributed by atoms with Crippen molar-refractivity contribution in [2.75, 3.05) is 6.61 Å². The van der Waals surface area contributed by atoms with Crippen LogP contribution in [0, 0.1) is 0 Å². The molecule has 0 saturated heterocycles. The largest absolute Gasteiger partial charge is 0.396 e. The summed E-state index contributed by atoms with van der Waals surface area (Å²) in [6.07, 6.45) is 4.68. The number of aliphatic hydroxyl groups excluding tert-OH is 1. The lowest BCUT2D eigenvalue weighted by Crippen LogP contribution is -1.80. The fraction of sp³-hybridized carbons (Fsp3) is 0.500. The highest BCUT2D eigenvalue weighted by Crippen LogP contribution is 1.96. The van der Waals surface area contributed by atoms with Gasteiger partial charge in [-0.2, -0.15) is 0 Å². The molecule has 0 atom stereocenters. The van der Waals surface area contributed by atoms with Crippen molar-refractivity contribution in [1.29, 1.82) is 0 Å². The molecule has 0 amide bonds. The Morgan fingerprint density at radius 3 is 1.54 bits per heavy atom. The van der Waals surface area contributed by atoms with Crippen molar-refractivity contribution >= 4 is 0 Å². The lowest BCUT2D eigenvalue weighted by Gasteiger charge is -1.90. The molecule has 0 saturated carbocycles. The minimum Gasteiger partial charge on any atom is -0.396 e. The third-order valence-corrected chi connectivity index (χ3v) is 1.68. The predicted molar refractivity (Wildman–Crippen MR) is 57.7 cm³/mol. The van der Waals surface area contributed by atoms with Crippen LogP contribution in [0.25, 0.3) is 0 Å². The third-order valence-electron chi connectivity index (χ3n) is 1.68. The summed E-state index contributed by atoms with van der Waals surface area (Å²) >= 11 is 0. The maximum absolute atomic E-state index is 8.29. The summed E-state index contributed by atoms with van der Waals surface area (Å²) in [7, 11) is 0. The number of rotatable bonds is 4. The molecule has 1 rings (SSSR count). The van der Waals surface area contributed by atoms with Crippen molar-refractivity contribution < 1.29 is 5.11 Å². The van der Waals surface area contributed by atoms with Crippen LogP contribution >= 0.6 is 0 Å². The lowest BCUT2D eigenvalue weighted by molar-refractivity contribution is 0.283. The van der Waals surface area contributed by atoms with Gasteiger partial charge in [0.2, 0.25) is 0 Å². The van der Waals surface area contributed by atoms with Gasteiger partial charge >= 0.3 is 0 Å². The van der Waals surface area contributed by atoms with Crippen molar-refractivity contribution in [3.63, 3.8) is 0 Å². The van der Waals surface area contributed by atoms with E-state index < -0.39 is 0 Å².